The van der Waals surface area contributed by atoms with E-state index in [0.717, 1.165) is 28.7 Å². The number of rotatable bonds is 3. The number of pyridine rings is 1. The van der Waals surface area contributed by atoms with Crippen LogP contribution in [-0.4, -0.2) is 4.98 Å². The molecule has 0 spiro atoms. The van der Waals surface area contributed by atoms with Crippen molar-refractivity contribution >= 4 is 16.6 Å². The van der Waals surface area contributed by atoms with Gasteiger partial charge in [-0.3, -0.25) is 4.98 Å². The quantitative estimate of drug-likeness (QED) is 0.740. The molecule has 0 amide bonds. The summed E-state index contributed by atoms with van der Waals surface area (Å²) < 4.78 is 5.03. The van der Waals surface area contributed by atoms with Crippen molar-refractivity contribution in [1.29, 1.82) is 0 Å². The van der Waals surface area contributed by atoms with Gasteiger partial charge in [0.05, 0.1) is 23.7 Å². The largest absolute Gasteiger partial charge is 0.472 e. The molecular weight excluding hydrogens is 212 g/mol. The van der Waals surface area contributed by atoms with Gasteiger partial charge in [0, 0.05) is 23.7 Å². The fourth-order valence-corrected chi connectivity index (χ4v) is 1.84. The number of hydrogen-bond acceptors (Lipinski definition) is 3. The zero-order valence-corrected chi connectivity index (χ0v) is 9.26. The van der Waals surface area contributed by atoms with Gasteiger partial charge in [0.1, 0.15) is 0 Å². The molecule has 3 aromatic rings. The Balaban J connectivity index is 1.90. The SMILES string of the molecule is c1cnc2c(NCc3ccoc3)cccc2c1. The zero-order chi connectivity index (χ0) is 11.5. The number of nitrogens with one attached hydrogen (secondary N) is 1. The number of para-hydroxylation sites is 1. The Kier molecular flexibility index (Phi) is 2.50. The number of nitrogens with zero attached hydrogens (tertiary/aromatic N) is 1. The van der Waals surface area contributed by atoms with Crippen LogP contribution in [0.5, 0.6) is 0 Å². The van der Waals surface area contributed by atoms with Gasteiger partial charge in [0.25, 0.3) is 0 Å². The number of aromatic nitrogens is 1. The summed E-state index contributed by atoms with van der Waals surface area (Å²) in [4.78, 5) is 4.40. The molecule has 0 atom stereocenters. The van der Waals surface area contributed by atoms with Crippen LogP contribution in [-0.2, 0) is 6.54 Å². The molecule has 17 heavy (non-hydrogen) atoms. The zero-order valence-electron chi connectivity index (χ0n) is 9.26. The third-order valence-electron chi connectivity index (χ3n) is 2.70. The highest BCUT2D eigenvalue weighted by molar-refractivity contribution is 5.90. The minimum Gasteiger partial charge on any atom is -0.472 e. The van der Waals surface area contributed by atoms with E-state index in [1.165, 1.54) is 0 Å². The molecule has 3 nitrogen and oxygen atoms in total. The summed E-state index contributed by atoms with van der Waals surface area (Å²) in [6.07, 6.45) is 5.23. The van der Waals surface area contributed by atoms with Crippen LogP contribution in [0.4, 0.5) is 5.69 Å². The maximum Gasteiger partial charge on any atom is 0.0952 e. The van der Waals surface area contributed by atoms with E-state index in [0.29, 0.717) is 0 Å². The van der Waals surface area contributed by atoms with E-state index in [2.05, 4.69) is 22.4 Å². The Morgan fingerprint density at radius 3 is 2.94 bits per heavy atom. The summed E-state index contributed by atoms with van der Waals surface area (Å²) in [6, 6.07) is 12.1. The minimum atomic E-state index is 0.742. The normalized spacial score (nSPS) is 10.6. The number of fused-ring (bicyclic) bond motifs is 1. The van der Waals surface area contributed by atoms with E-state index >= 15 is 0 Å². The average molecular weight is 224 g/mol. The third-order valence-corrected chi connectivity index (χ3v) is 2.70. The van der Waals surface area contributed by atoms with Crippen molar-refractivity contribution in [2.75, 3.05) is 5.32 Å². The summed E-state index contributed by atoms with van der Waals surface area (Å²) in [5.74, 6) is 0. The number of benzene rings is 1. The standard InChI is InChI=1S/C14H12N2O/c1-3-12-4-2-7-15-14(12)13(5-1)16-9-11-6-8-17-10-11/h1-8,10,16H,9H2. The maximum atomic E-state index is 5.03. The fraction of sp³-hybridized carbons (Fsp3) is 0.0714. The van der Waals surface area contributed by atoms with Gasteiger partial charge >= 0.3 is 0 Å². The van der Waals surface area contributed by atoms with Gasteiger partial charge in [-0.05, 0) is 18.2 Å². The van der Waals surface area contributed by atoms with E-state index < -0.39 is 0 Å². The summed E-state index contributed by atoms with van der Waals surface area (Å²) in [5, 5.41) is 4.51. The van der Waals surface area contributed by atoms with Gasteiger partial charge in [-0.1, -0.05) is 18.2 Å². The summed E-state index contributed by atoms with van der Waals surface area (Å²) in [6.45, 7) is 0.742. The van der Waals surface area contributed by atoms with Gasteiger partial charge in [-0.15, -0.1) is 0 Å². The van der Waals surface area contributed by atoms with Gasteiger partial charge in [-0.2, -0.15) is 0 Å². The van der Waals surface area contributed by atoms with Crippen LogP contribution < -0.4 is 5.32 Å². The molecule has 0 aliphatic carbocycles. The molecule has 0 saturated heterocycles. The first-order chi connectivity index (χ1) is 8.43. The molecule has 2 heterocycles. The van der Waals surface area contributed by atoms with Gasteiger partial charge in [0.2, 0.25) is 0 Å². The molecule has 0 unspecified atom stereocenters. The Morgan fingerprint density at radius 2 is 2.06 bits per heavy atom. The first kappa shape index (κ1) is 9.90. The van der Waals surface area contributed by atoms with Crippen molar-refractivity contribution in [3.05, 3.63) is 60.7 Å². The van der Waals surface area contributed by atoms with Gasteiger partial charge in [-0.25, -0.2) is 0 Å². The lowest BCUT2D eigenvalue weighted by Crippen LogP contribution is -1.99. The molecule has 1 N–H and O–H groups in total. The first-order valence-electron chi connectivity index (χ1n) is 5.52. The molecule has 0 aliphatic heterocycles. The van der Waals surface area contributed by atoms with E-state index in [4.69, 9.17) is 4.42 Å². The highest BCUT2D eigenvalue weighted by atomic mass is 16.3. The Labute approximate surface area is 99.1 Å². The van der Waals surface area contributed by atoms with Crippen molar-refractivity contribution in [2.24, 2.45) is 0 Å². The van der Waals surface area contributed by atoms with Crippen molar-refractivity contribution in [3.63, 3.8) is 0 Å². The monoisotopic (exact) mass is 224 g/mol. The minimum absolute atomic E-state index is 0.742. The summed E-state index contributed by atoms with van der Waals surface area (Å²) in [7, 11) is 0. The first-order valence-corrected chi connectivity index (χ1v) is 5.52. The smallest absolute Gasteiger partial charge is 0.0952 e. The molecule has 0 saturated carbocycles. The predicted octanol–water partition coefficient (Wildman–Crippen LogP) is 3.44. The second kappa shape index (κ2) is 4.29. The Hall–Kier alpha value is -2.29. The van der Waals surface area contributed by atoms with E-state index in [1.807, 2.05) is 30.5 Å². The number of anilines is 1. The van der Waals surface area contributed by atoms with Crippen molar-refractivity contribution in [3.8, 4) is 0 Å². The van der Waals surface area contributed by atoms with Gasteiger partial charge < -0.3 is 9.73 Å². The van der Waals surface area contributed by atoms with Crippen LogP contribution >= 0.6 is 0 Å². The maximum absolute atomic E-state index is 5.03. The van der Waals surface area contributed by atoms with Crippen molar-refractivity contribution < 1.29 is 4.42 Å². The van der Waals surface area contributed by atoms with Crippen LogP contribution in [0.25, 0.3) is 10.9 Å². The molecule has 2 aromatic heterocycles. The van der Waals surface area contributed by atoms with E-state index in [-0.39, 0.29) is 0 Å². The van der Waals surface area contributed by atoms with Crippen LogP contribution in [0.3, 0.4) is 0 Å². The molecule has 0 fully saturated rings. The lowest BCUT2D eigenvalue weighted by Gasteiger charge is -2.07. The van der Waals surface area contributed by atoms with Crippen LogP contribution in [0.15, 0.2) is 59.5 Å². The highest BCUT2D eigenvalue weighted by Gasteiger charge is 2.01. The fourth-order valence-electron chi connectivity index (χ4n) is 1.84. The molecule has 84 valence electrons. The van der Waals surface area contributed by atoms with Crippen molar-refractivity contribution in [1.82, 2.24) is 4.98 Å². The second-order valence-electron chi connectivity index (χ2n) is 3.87. The van der Waals surface area contributed by atoms with Crippen LogP contribution in [0, 0.1) is 0 Å². The van der Waals surface area contributed by atoms with Gasteiger partial charge in [0.15, 0.2) is 0 Å². The van der Waals surface area contributed by atoms with E-state index in [1.54, 1.807) is 12.5 Å². The predicted molar refractivity (Wildman–Crippen MR) is 67.8 cm³/mol. The summed E-state index contributed by atoms with van der Waals surface area (Å²) in [5.41, 5.74) is 3.17. The lowest BCUT2D eigenvalue weighted by molar-refractivity contribution is 0.564. The van der Waals surface area contributed by atoms with Crippen LogP contribution in [0.2, 0.25) is 0 Å². The number of hydrogen-bond donors (Lipinski definition) is 1. The second-order valence-corrected chi connectivity index (χ2v) is 3.87. The lowest BCUT2D eigenvalue weighted by atomic mass is 10.2. The van der Waals surface area contributed by atoms with E-state index in [9.17, 15) is 0 Å². The number of furan rings is 1. The topological polar surface area (TPSA) is 38.1 Å². The molecule has 0 bridgehead atoms. The molecule has 0 aliphatic rings. The van der Waals surface area contributed by atoms with Crippen molar-refractivity contribution in [2.45, 2.75) is 6.54 Å². The Morgan fingerprint density at radius 1 is 1.12 bits per heavy atom. The van der Waals surface area contributed by atoms with Crippen LogP contribution in [0.1, 0.15) is 5.56 Å². The molecular formula is C14H12N2O. The molecule has 3 rings (SSSR count). The Bertz CT molecular complexity index is 612. The average Bonchev–Trinajstić information content (AvgIpc) is 2.89. The molecule has 1 aromatic carbocycles. The summed E-state index contributed by atoms with van der Waals surface area (Å²) >= 11 is 0. The molecule has 3 heteroatoms. The third kappa shape index (κ3) is 1.99. The highest BCUT2D eigenvalue weighted by Crippen LogP contribution is 2.21. The molecule has 0 radical (unpaired) electrons.